The summed E-state index contributed by atoms with van der Waals surface area (Å²) in [5.74, 6) is 0.320. The Bertz CT molecular complexity index is 500. The molecule has 0 aliphatic heterocycles. The predicted molar refractivity (Wildman–Crippen MR) is 80.7 cm³/mol. The molecular formula is C16H19ClN2Na+. The van der Waals surface area contributed by atoms with E-state index in [1.807, 2.05) is 30.5 Å². The first-order valence-electron chi connectivity index (χ1n) is 6.48. The summed E-state index contributed by atoms with van der Waals surface area (Å²) in [7, 11) is 4.19. The van der Waals surface area contributed by atoms with Gasteiger partial charge in [0.05, 0.1) is 0 Å². The van der Waals surface area contributed by atoms with Crippen molar-refractivity contribution in [3.05, 3.63) is 64.9 Å². The van der Waals surface area contributed by atoms with Crippen molar-refractivity contribution >= 4 is 11.6 Å². The van der Waals surface area contributed by atoms with E-state index in [0.717, 1.165) is 23.7 Å². The maximum Gasteiger partial charge on any atom is 1.00 e. The molecule has 1 heterocycles. The van der Waals surface area contributed by atoms with Gasteiger partial charge in [-0.3, -0.25) is 4.98 Å². The van der Waals surface area contributed by atoms with Gasteiger partial charge in [0.2, 0.25) is 0 Å². The number of nitrogens with zero attached hydrogens (tertiary/aromatic N) is 2. The largest absolute Gasteiger partial charge is 1.00 e. The van der Waals surface area contributed by atoms with E-state index in [-0.39, 0.29) is 29.6 Å². The molecule has 20 heavy (non-hydrogen) atoms. The molecule has 0 aliphatic rings. The van der Waals surface area contributed by atoms with Gasteiger partial charge in [-0.15, -0.1) is 0 Å². The van der Waals surface area contributed by atoms with Crippen molar-refractivity contribution < 1.29 is 29.6 Å². The molecule has 0 bridgehead atoms. The maximum absolute atomic E-state index is 5.97. The number of aromatic nitrogens is 1. The van der Waals surface area contributed by atoms with E-state index in [1.165, 1.54) is 5.56 Å². The number of benzene rings is 1. The molecule has 2 aromatic rings. The van der Waals surface area contributed by atoms with Crippen LogP contribution in [0.15, 0.2) is 48.7 Å². The van der Waals surface area contributed by atoms with Gasteiger partial charge in [0, 0.05) is 22.8 Å². The topological polar surface area (TPSA) is 16.1 Å². The minimum absolute atomic E-state index is 0. The van der Waals surface area contributed by atoms with E-state index >= 15 is 0 Å². The molecule has 4 heteroatoms. The van der Waals surface area contributed by atoms with Crippen LogP contribution in [0, 0.1) is 0 Å². The fourth-order valence-corrected chi connectivity index (χ4v) is 2.28. The smallest absolute Gasteiger partial charge is 0.309 e. The van der Waals surface area contributed by atoms with Crippen molar-refractivity contribution in [3.63, 3.8) is 0 Å². The Morgan fingerprint density at radius 2 is 1.80 bits per heavy atom. The van der Waals surface area contributed by atoms with Gasteiger partial charge in [0.15, 0.2) is 0 Å². The molecule has 0 N–H and O–H groups in total. The summed E-state index contributed by atoms with van der Waals surface area (Å²) in [5.41, 5.74) is 2.39. The molecule has 0 radical (unpaired) electrons. The van der Waals surface area contributed by atoms with Crippen LogP contribution in [0.5, 0.6) is 0 Å². The minimum Gasteiger partial charge on any atom is -0.309 e. The number of rotatable bonds is 5. The van der Waals surface area contributed by atoms with E-state index in [1.54, 1.807) is 0 Å². The molecule has 2 nitrogen and oxygen atoms in total. The molecule has 0 saturated carbocycles. The van der Waals surface area contributed by atoms with Crippen LogP contribution in [0.4, 0.5) is 0 Å². The number of hydrogen-bond donors (Lipinski definition) is 0. The normalized spacial score (nSPS) is 12.0. The number of hydrogen-bond acceptors (Lipinski definition) is 2. The first kappa shape index (κ1) is 17.7. The van der Waals surface area contributed by atoms with Crippen LogP contribution < -0.4 is 29.6 Å². The zero-order chi connectivity index (χ0) is 13.7. The third-order valence-electron chi connectivity index (χ3n) is 3.18. The van der Waals surface area contributed by atoms with Gasteiger partial charge in [-0.1, -0.05) is 29.8 Å². The van der Waals surface area contributed by atoms with Crippen molar-refractivity contribution in [3.8, 4) is 0 Å². The zero-order valence-electron chi connectivity index (χ0n) is 12.4. The third-order valence-corrected chi connectivity index (χ3v) is 3.43. The summed E-state index contributed by atoms with van der Waals surface area (Å²) in [5, 5.41) is 0.774. The third kappa shape index (κ3) is 5.19. The summed E-state index contributed by atoms with van der Waals surface area (Å²) in [4.78, 5) is 6.70. The molecule has 1 unspecified atom stereocenters. The first-order chi connectivity index (χ1) is 9.16. The van der Waals surface area contributed by atoms with Crippen LogP contribution in [0.1, 0.15) is 23.6 Å². The van der Waals surface area contributed by atoms with E-state index in [2.05, 4.69) is 42.2 Å². The second kappa shape index (κ2) is 8.81. The van der Waals surface area contributed by atoms with Gasteiger partial charge in [0.1, 0.15) is 0 Å². The predicted octanol–water partition coefficient (Wildman–Crippen LogP) is 0.823. The molecule has 0 saturated heterocycles. The fourth-order valence-electron chi connectivity index (χ4n) is 2.15. The molecule has 100 valence electrons. The second-order valence-electron chi connectivity index (χ2n) is 4.95. The van der Waals surface area contributed by atoms with Crippen LogP contribution >= 0.6 is 11.6 Å². The van der Waals surface area contributed by atoms with Gasteiger partial charge in [-0.05, 0) is 56.9 Å². The number of halogens is 1. The summed E-state index contributed by atoms with van der Waals surface area (Å²) < 4.78 is 0. The molecular weight excluding hydrogens is 279 g/mol. The average Bonchev–Trinajstić information content (AvgIpc) is 2.42. The molecule has 0 aliphatic carbocycles. The Kier molecular flexibility index (Phi) is 7.78. The molecule has 0 fully saturated rings. The van der Waals surface area contributed by atoms with E-state index in [4.69, 9.17) is 11.6 Å². The SMILES string of the molecule is CN(C)CCC(c1ccc(Cl)cc1)c1ccccn1.[Na+]. The summed E-state index contributed by atoms with van der Waals surface area (Å²) in [6.07, 6.45) is 2.90. The van der Waals surface area contributed by atoms with Crippen LogP contribution in [0.3, 0.4) is 0 Å². The Balaban J connectivity index is 0.00000200. The molecule has 1 atom stereocenters. The van der Waals surface area contributed by atoms with Crippen molar-refractivity contribution in [2.75, 3.05) is 20.6 Å². The fraction of sp³-hybridized carbons (Fsp3) is 0.312. The molecule has 2 rings (SSSR count). The molecule has 1 aromatic heterocycles. The molecule has 0 amide bonds. The van der Waals surface area contributed by atoms with Crippen LogP contribution in [0.2, 0.25) is 5.02 Å². The van der Waals surface area contributed by atoms with E-state index in [0.29, 0.717) is 5.92 Å². The average molecular weight is 298 g/mol. The Hall–Kier alpha value is -0.380. The van der Waals surface area contributed by atoms with Crippen LogP contribution in [0.25, 0.3) is 0 Å². The minimum atomic E-state index is 0. The van der Waals surface area contributed by atoms with E-state index in [9.17, 15) is 0 Å². The first-order valence-corrected chi connectivity index (χ1v) is 6.86. The van der Waals surface area contributed by atoms with Crippen LogP contribution in [-0.2, 0) is 0 Å². The Morgan fingerprint density at radius 1 is 1.10 bits per heavy atom. The van der Waals surface area contributed by atoms with Gasteiger partial charge in [0.25, 0.3) is 0 Å². The second-order valence-corrected chi connectivity index (χ2v) is 5.39. The van der Waals surface area contributed by atoms with Crippen molar-refractivity contribution in [2.45, 2.75) is 12.3 Å². The van der Waals surface area contributed by atoms with Crippen molar-refractivity contribution in [1.82, 2.24) is 9.88 Å². The number of pyridine rings is 1. The van der Waals surface area contributed by atoms with Crippen molar-refractivity contribution in [2.24, 2.45) is 0 Å². The standard InChI is InChI=1S/C16H19ClN2.Na/c1-19(2)12-10-15(16-5-3-4-11-18-16)13-6-8-14(17)9-7-13;/h3-9,11,15H,10,12H2,1-2H3;/q;+1. The zero-order valence-corrected chi connectivity index (χ0v) is 15.1. The molecule has 0 spiro atoms. The Morgan fingerprint density at radius 3 is 2.35 bits per heavy atom. The van der Waals surface area contributed by atoms with Gasteiger partial charge >= 0.3 is 29.6 Å². The van der Waals surface area contributed by atoms with E-state index < -0.39 is 0 Å². The van der Waals surface area contributed by atoms with Crippen LogP contribution in [-0.4, -0.2) is 30.5 Å². The summed E-state index contributed by atoms with van der Waals surface area (Å²) in [6.45, 7) is 1.03. The monoisotopic (exact) mass is 297 g/mol. The molecule has 1 aromatic carbocycles. The maximum atomic E-state index is 5.97. The van der Waals surface area contributed by atoms with Gasteiger partial charge in [-0.2, -0.15) is 0 Å². The summed E-state index contributed by atoms with van der Waals surface area (Å²) in [6, 6.07) is 14.2. The van der Waals surface area contributed by atoms with Gasteiger partial charge in [-0.25, -0.2) is 0 Å². The quantitative estimate of drug-likeness (QED) is 0.760. The van der Waals surface area contributed by atoms with Gasteiger partial charge < -0.3 is 4.90 Å². The summed E-state index contributed by atoms with van der Waals surface area (Å²) >= 11 is 5.97. The Labute approximate surface area is 148 Å². The van der Waals surface area contributed by atoms with Crippen molar-refractivity contribution in [1.29, 1.82) is 0 Å².